The van der Waals surface area contributed by atoms with E-state index in [1.165, 1.54) is 6.07 Å². The molecule has 0 aromatic carbocycles. The van der Waals surface area contributed by atoms with Gasteiger partial charge in [-0.15, -0.1) is 0 Å². The Hall–Kier alpha value is -0.970. The number of halogens is 2. The van der Waals surface area contributed by atoms with E-state index < -0.39 is 11.9 Å². The lowest BCUT2D eigenvalue weighted by Gasteiger charge is -1.95. The molecule has 0 fully saturated rings. The number of pyridine rings is 1. The number of rotatable bonds is 1. The first-order chi connectivity index (χ1) is 5.09. The van der Waals surface area contributed by atoms with Crippen LogP contribution < -0.4 is 5.73 Å². The van der Waals surface area contributed by atoms with Crippen LogP contribution in [0.5, 0.6) is 0 Å². The topological polar surface area (TPSA) is 56.0 Å². The number of carbonyl (C=O) groups is 1. The van der Waals surface area contributed by atoms with Crippen LogP contribution in [0.15, 0.2) is 16.7 Å². The molecule has 0 radical (unpaired) electrons. The lowest BCUT2D eigenvalue weighted by Crippen LogP contribution is -2.11. The normalized spacial score (nSPS) is 9.64. The summed E-state index contributed by atoms with van der Waals surface area (Å²) in [6, 6.07) is 2.33. The lowest BCUT2D eigenvalue weighted by atomic mass is 10.2. The van der Waals surface area contributed by atoms with Crippen LogP contribution >= 0.6 is 15.9 Å². The van der Waals surface area contributed by atoms with Gasteiger partial charge >= 0.3 is 0 Å². The highest BCUT2D eigenvalue weighted by molar-refractivity contribution is 9.10. The summed E-state index contributed by atoms with van der Waals surface area (Å²) in [6.45, 7) is 0. The van der Waals surface area contributed by atoms with Crippen LogP contribution in [0.3, 0.4) is 0 Å². The zero-order valence-corrected chi connectivity index (χ0v) is 6.93. The summed E-state index contributed by atoms with van der Waals surface area (Å²) < 4.78 is 12.7. The Morgan fingerprint density at radius 3 is 2.73 bits per heavy atom. The minimum Gasteiger partial charge on any atom is -0.366 e. The van der Waals surface area contributed by atoms with Crippen molar-refractivity contribution in [2.45, 2.75) is 0 Å². The second kappa shape index (κ2) is 2.96. The van der Waals surface area contributed by atoms with E-state index in [0.717, 1.165) is 6.07 Å². The molecule has 0 aliphatic rings. The Labute approximate surface area is 70.6 Å². The van der Waals surface area contributed by atoms with E-state index in [-0.39, 0.29) is 10.2 Å². The third-order valence-corrected chi connectivity index (χ3v) is 1.45. The number of nitrogens with zero attached hydrogens (tertiary/aromatic N) is 1. The molecule has 0 atom stereocenters. The maximum absolute atomic E-state index is 12.4. The molecule has 2 N–H and O–H groups in total. The average Bonchev–Trinajstić information content (AvgIpc) is 1.85. The second-order valence-electron chi connectivity index (χ2n) is 1.87. The molecule has 0 saturated carbocycles. The molecule has 5 heteroatoms. The van der Waals surface area contributed by atoms with Gasteiger partial charge in [-0.05, 0) is 22.0 Å². The number of hydrogen-bond acceptors (Lipinski definition) is 2. The van der Waals surface area contributed by atoms with Crippen molar-refractivity contribution in [1.82, 2.24) is 4.98 Å². The maximum Gasteiger partial charge on any atom is 0.248 e. The average molecular weight is 219 g/mol. The summed E-state index contributed by atoms with van der Waals surface area (Å²) in [5.41, 5.74) is 5.00. The number of amides is 1. The zero-order valence-electron chi connectivity index (χ0n) is 5.34. The van der Waals surface area contributed by atoms with E-state index >= 15 is 0 Å². The standard InChI is InChI=1S/C6H4BrFN2O/c7-4-1-3(6(9)11)2-5(8)10-4/h1-2H,(H2,9,11). The molecule has 0 aliphatic carbocycles. The van der Waals surface area contributed by atoms with E-state index in [0.29, 0.717) is 0 Å². The zero-order chi connectivity index (χ0) is 8.43. The van der Waals surface area contributed by atoms with E-state index in [1.54, 1.807) is 0 Å². The first-order valence-corrected chi connectivity index (χ1v) is 3.52. The van der Waals surface area contributed by atoms with Crippen LogP contribution in [0.1, 0.15) is 10.4 Å². The second-order valence-corrected chi connectivity index (χ2v) is 2.68. The summed E-state index contributed by atoms with van der Waals surface area (Å²) >= 11 is 2.92. The van der Waals surface area contributed by atoms with Gasteiger partial charge in [-0.1, -0.05) is 0 Å². The molecule has 1 aromatic heterocycles. The van der Waals surface area contributed by atoms with Crippen LogP contribution in [0, 0.1) is 5.95 Å². The number of hydrogen-bond donors (Lipinski definition) is 1. The summed E-state index contributed by atoms with van der Waals surface area (Å²) in [5, 5.41) is 0. The predicted octanol–water partition coefficient (Wildman–Crippen LogP) is 1.08. The molecule has 11 heavy (non-hydrogen) atoms. The van der Waals surface area contributed by atoms with Gasteiger partial charge in [0.25, 0.3) is 0 Å². The molecule has 0 saturated heterocycles. The Morgan fingerprint density at radius 2 is 2.27 bits per heavy atom. The number of aromatic nitrogens is 1. The van der Waals surface area contributed by atoms with Gasteiger partial charge in [-0.2, -0.15) is 4.39 Å². The molecule has 0 unspecified atom stereocenters. The lowest BCUT2D eigenvalue weighted by molar-refractivity contribution is 0.0999. The molecule has 1 heterocycles. The van der Waals surface area contributed by atoms with Gasteiger partial charge in [0.2, 0.25) is 11.9 Å². The van der Waals surface area contributed by atoms with Crippen molar-refractivity contribution in [3.63, 3.8) is 0 Å². The van der Waals surface area contributed by atoms with Crippen LogP contribution in [-0.2, 0) is 0 Å². The van der Waals surface area contributed by atoms with Gasteiger partial charge in [-0.25, -0.2) is 4.98 Å². The molecule has 0 aliphatic heterocycles. The smallest absolute Gasteiger partial charge is 0.248 e. The van der Waals surface area contributed by atoms with Crippen LogP contribution in [0.25, 0.3) is 0 Å². The van der Waals surface area contributed by atoms with Crippen molar-refractivity contribution in [3.05, 3.63) is 28.2 Å². The van der Waals surface area contributed by atoms with Crippen molar-refractivity contribution >= 4 is 21.8 Å². The monoisotopic (exact) mass is 218 g/mol. The van der Waals surface area contributed by atoms with Gasteiger partial charge in [0.15, 0.2) is 0 Å². The van der Waals surface area contributed by atoms with Gasteiger partial charge in [0, 0.05) is 11.6 Å². The van der Waals surface area contributed by atoms with Crippen molar-refractivity contribution in [1.29, 1.82) is 0 Å². The Morgan fingerprint density at radius 1 is 1.64 bits per heavy atom. The number of carbonyl (C=O) groups excluding carboxylic acids is 1. The van der Waals surface area contributed by atoms with E-state index in [9.17, 15) is 9.18 Å². The fourth-order valence-corrected chi connectivity index (χ4v) is 1.02. The van der Waals surface area contributed by atoms with Crippen molar-refractivity contribution in [3.8, 4) is 0 Å². The van der Waals surface area contributed by atoms with Crippen molar-refractivity contribution in [2.75, 3.05) is 0 Å². The molecule has 58 valence electrons. The third-order valence-electron chi connectivity index (χ3n) is 1.05. The first kappa shape index (κ1) is 8.13. The molecule has 0 spiro atoms. The van der Waals surface area contributed by atoms with Gasteiger partial charge in [0.1, 0.15) is 4.60 Å². The highest BCUT2D eigenvalue weighted by Crippen LogP contribution is 2.09. The summed E-state index contributed by atoms with van der Waals surface area (Å²) in [7, 11) is 0. The predicted molar refractivity (Wildman–Crippen MR) is 40.4 cm³/mol. The molecule has 0 bridgehead atoms. The highest BCUT2D eigenvalue weighted by atomic mass is 79.9. The first-order valence-electron chi connectivity index (χ1n) is 2.72. The maximum atomic E-state index is 12.4. The van der Waals surface area contributed by atoms with E-state index in [4.69, 9.17) is 5.73 Å². The van der Waals surface area contributed by atoms with Crippen molar-refractivity contribution < 1.29 is 9.18 Å². The molecule has 1 amide bonds. The Balaban J connectivity index is 3.19. The number of nitrogens with two attached hydrogens (primary N) is 1. The van der Waals surface area contributed by atoms with E-state index in [1.807, 2.05) is 0 Å². The van der Waals surface area contributed by atoms with Gasteiger partial charge in [0.05, 0.1) is 0 Å². The molecule has 3 nitrogen and oxygen atoms in total. The Bertz CT molecular complexity index is 282. The highest BCUT2D eigenvalue weighted by Gasteiger charge is 2.04. The van der Waals surface area contributed by atoms with Gasteiger partial charge < -0.3 is 5.73 Å². The van der Waals surface area contributed by atoms with Crippen LogP contribution in [0.4, 0.5) is 4.39 Å². The SMILES string of the molecule is NC(=O)c1cc(F)nc(Br)c1. The third kappa shape index (κ3) is 1.98. The summed E-state index contributed by atoms with van der Waals surface area (Å²) in [4.78, 5) is 13.9. The minimum absolute atomic E-state index is 0.101. The molecular weight excluding hydrogens is 215 g/mol. The minimum atomic E-state index is -0.729. The molecule has 1 rings (SSSR count). The van der Waals surface area contributed by atoms with Crippen LogP contribution in [0.2, 0.25) is 0 Å². The Kier molecular flexibility index (Phi) is 2.19. The van der Waals surface area contributed by atoms with Crippen LogP contribution in [-0.4, -0.2) is 10.9 Å². The number of primary amides is 1. The van der Waals surface area contributed by atoms with Gasteiger partial charge in [-0.3, -0.25) is 4.79 Å². The fraction of sp³-hybridized carbons (Fsp3) is 0. The molecule has 1 aromatic rings. The fourth-order valence-electron chi connectivity index (χ4n) is 0.607. The molecular formula is C6H4BrFN2O. The largest absolute Gasteiger partial charge is 0.366 e. The van der Waals surface area contributed by atoms with E-state index in [2.05, 4.69) is 20.9 Å². The summed E-state index contributed by atoms with van der Waals surface area (Å²) in [6.07, 6.45) is 0. The quantitative estimate of drug-likeness (QED) is 0.718. The summed E-state index contributed by atoms with van der Waals surface area (Å²) in [5.74, 6) is -1.40. The van der Waals surface area contributed by atoms with Crippen molar-refractivity contribution in [2.24, 2.45) is 5.73 Å².